The molecule has 0 radical (unpaired) electrons. The number of hydrogen-bond donors (Lipinski definition) is 2. The Hall–Kier alpha value is -1.78. The first-order valence-corrected chi connectivity index (χ1v) is 7.21. The van der Waals surface area contributed by atoms with Gasteiger partial charge in [-0.3, -0.25) is 4.79 Å². The maximum Gasteiger partial charge on any atom is 0.217 e. The van der Waals surface area contributed by atoms with E-state index >= 15 is 0 Å². The van der Waals surface area contributed by atoms with E-state index in [9.17, 15) is 9.90 Å². The van der Waals surface area contributed by atoms with Crippen molar-refractivity contribution in [3.8, 4) is 0 Å². The van der Waals surface area contributed by atoms with E-state index in [0.29, 0.717) is 6.54 Å². The highest BCUT2D eigenvalue weighted by molar-refractivity contribution is 7.99. The van der Waals surface area contributed by atoms with Crippen LogP contribution in [0.2, 0.25) is 0 Å². The summed E-state index contributed by atoms with van der Waals surface area (Å²) in [5, 5.41) is 12.2. The molecule has 2 rings (SSSR count). The van der Waals surface area contributed by atoms with Gasteiger partial charge in [-0.2, -0.15) is 0 Å². The number of aliphatic hydroxyl groups is 1. The SMILES string of the molecule is CC(=O)NCc1ccccc1Sc1ccccc1CO. The molecular weight excluding hydrogens is 270 g/mol. The quantitative estimate of drug-likeness (QED) is 0.889. The van der Waals surface area contributed by atoms with Crippen molar-refractivity contribution in [3.63, 3.8) is 0 Å². The molecule has 1 amide bonds. The smallest absolute Gasteiger partial charge is 0.217 e. The maximum absolute atomic E-state index is 11.0. The van der Waals surface area contributed by atoms with Crippen LogP contribution in [0, 0.1) is 0 Å². The molecule has 20 heavy (non-hydrogen) atoms. The number of carbonyl (C=O) groups is 1. The second-order valence-electron chi connectivity index (χ2n) is 4.39. The van der Waals surface area contributed by atoms with Crippen LogP contribution in [-0.2, 0) is 17.9 Å². The highest BCUT2D eigenvalue weighted by Crippen LogP contribution is 2.32. The molecule has 2 aromatic carbocycles. The summed E-state index contributed by atoms with van der Waals surface area (Å²) in [7, 11) is 0. The van der Waals surface area contributed by atoms with E-state index in [2.05, 4.69) is 5.32 Å². The molecule has 0 aliphatic carbocycles. The van der Waals surface area contributed by atoms with Crippen LogP contribution < -0.4 is 5.32 Å². The zero-order valence-electron chi connectivity index (χ0n) is 11.3. The van der Waals surface area contributed by atoms with Gasteiger partial charge in [-0.25, -0.2) is 0 Å². The van der Waals surface area contributed by atoms with E-state index in [1.165, 1.54) is 6.92 Å². The van der Waals surface area contributed by atoms with Crippen molar-refractivity contribution in [1.29, 1.82) is 0 Å². The summed E-state index contributed by atoms with van der Waals surface area (Å²) < 4.78 is 0. The topological polar surface area (TPSA) is 49.3 Å². The van der Waals surface area contributed by atoms with Crippen molar-refractivity contribution < 1.29 is 9.90 Å². The number of hydrogen-bond acceptors (Lipinski definition) is 3. The molecule has 0 heterocycles. The number of amides is 1. The Bertz CT molecular complexity index is 599. The molecule has 0 aliphatic rings. The summed E-state index contributed by atoms with van der Waals surface area (Å²) in [6.07, 6.45) is 0. The molecule has 3 nitrogen and oxygen atoms in total. The molecule has 0 fully saturated rings. The summed E-state index contributed by atoms with van der Waals surface area (Å²) in [5.74, 6) is -0.0411. The lowest BCUT2D eigenvalue weighted by molar-refractivity contribution is -0.119. The molecule has 0 atom stereocenters. The molecule has 4 heteroatoms. The number of carbonyl (C=O) groups excluding carboxylic acids is 1. The van der Waals surface area contributed by atoms with Crippen molar-refractivity contribution in [2.45, 2.75) is 29.9 Å². The van der Waals surface area contributed by atoms with Gasteiger partial charge in [-0.15, -0.1) is 0 Å². The van der Waals surface area contributed by atoms with Gasteiger partial charge in [0.05, 0.1) is 6.61 Å². The molecule has 0 aromatic heterocycles. The van der Waals surface area contributed by atoms with E-state index in [0.717, 1.165) is 20.9 Å². The van der Waals surface area contributed by atoms with E-state index in [-0.39, 0.29) is 12.5 Å². The number of aliphatic hydroxyl groups excluding tert-OH is 1. The van der Waals surface area contributed by atoms with E-state index in [1.54, 1.807) is 11.8 Å². The minimum absolute atomic E-state index is 0.0248. The van der Waals surface area contributed by atoms with Crippen molar-refractivity contribution in [3.05, 3.63) is 59.7 Å². The van der Waals surface area contributed by atoms with Crippen LogP contribution in [-0.4, -0.2) is 11.0 Å². The monoisotopic (exact) mass is 287 g/mol. The normalized spacial score (nSPS) is 10.3. The van der Waals surface area contributed by atoms with Gasteiger partial charge < -0.3 is 10.4 Å². The number of benzene rings is 2. The zero-order chi connectivity index (χ0) is 14.4. The van der Waals surface area contributed by atoms with Gasteiger partial charge in [-0.05, 0) is 23.3 Å². The summed E-state index contributed by atoms with van der Waals surface area (Å²) in [6, 6.07) is 15.7. The average molecular weight is 287 g/mol. The van der Waals surface area contributed by atoms with Crippen molar-refractivity contribution in [2.75, 3.05) is 0 Å². The van der Waals surface area contributed by atoms with Crippen LogP contribution in [0.5, 0.6) is 0 Å². The van der Waals surface area contributed by atoms with Gasteiger partial charge in [-0.1, -0.05) is 48.2 Å². The minimum atomic E-state index is -0.0411. The zero-order valence-corrected chi connectivity index (χ0v) is 12.1. The van der Waals surface area contributed by atoms with Crippen LogP contribution in [0.3, 0.4) is 0 Å². The lowest BCUT2D eigenvalue weighted by Crippen LogP contribution is -2.19. The standard InChI is InChI=1S/C16H17NO2S/c1-12(19)17-10-13-6-2-4-8-15(13)20-16-9-5-3-7-14(16)11-18/h2-9,18H,10-11H2,1H3,(H,17,19). The molecule has 0 saturated heterocycles. The lowest BCUT2D eigenvalue weighted by Gasteiger charge is -2.11. The van der Waals surface area contributed by atoms with Gasteiger partial charge in [0.15, 0.2) is 0 Å². The van der Waals surface area contributed by atoms with Crippen molar-refractivity contribution in [1.82, 2.24) is 5.32 Å². The van der Waals surface area contributed by atoms with Gasteiger partial charge in [0.25, 0.3) is 0 Å². The summed E-state index contributed by atoms with van der Waals surface area (Å²) in [5.41, 5.74) is 1.98. The van der Waals surface area contributed by atoms with Gasteiger partial charge >= 0.3 is 0 Å². The fourth-order valence-corrected chi connectivity index (χ4v) is 2.89. The molecule has 0 spiro atoms. The predicted molar refractivity (Wildman–Crippen MR) is 80.5 cm³/mol. The van der Waals surface area contributed by atoms with Crippen molar-refractivity contribution >= 4 is 17.7 Å². The second kappa shape index (κ2) is 7.12. The Morgan fingerprint density at radius 1 is 1.05 bits per heavy atom. The Morgan fingerprint density at radius 2 is 1.60 bits per heavy atom. The van der Waals surface area contributed by atoms with E-state index in [1.807, 2.05) is 48.5 Å². The largest absolute Gasteiger partial charge is 0.392 e. The molecule has 0 unspecified atom stereocenters. The van der Waals surface area contributed by atoms with E-state index in [4.69, 9.17) is 0 Å². The molecule has 0 saturated carbocycles. The van der Waals surface area contributed by atoms with Gasteiger partial charge in [0.2, 0.25) is 5.91 Å². The third-order valence-electron chi connectivity index (χ3n) is 2.86. The second-order valence-corrected chi connectivity index (χ2v) is 5.47. The highest BCUT2D eigenvalue weighted by Gasteiger charge is 2.07. The summed E-state index contributed by atoms with van der Waals surface area (Å²) >= 11 is 1.61. The maximum atomic E-state index is 11.0. The van der Waals surface area contributed by atoms with Gasteiger partial charge in [0, 0.05) is 23.3 Å². The Kier molecular flexibility index (Phi) is 5.21. The predicted octanol–water partition coefficient (Wildman–Crippen LogP) is 2.97. The number of nitrogens with one attached hydrogen (secondary N) is 1. The lowest BCUT2D eigenvalue weighted by atomic mass is 10.2. The Labute approximate surface area is 123 Å². The molecule has 2 aromatic rings. The number of rotatable bonds is 5. The van der Waals surface area contributed by atoms with Gasteiger partial charge in [0.1, 0.15) is 0 Å². The molecule has 0 aliphatic heterocycles. The Balaban J connectivity index is 2.22. The fourth-order valence-electron chi connectivity index (χ4n) is 1.82. The van der Waals surface area contributed by atoms with Crippen LogP contribution in [0.1, 0.15) is 18.1 Å². The molecule has 2 N–H and O–H groups in total. The first kappa shape index (κ1) is 14.6. The molecular formula is C16H17NO2S. The first-order chi connectivity index (χ1) is 9.70. The average Bonchev–Trinajstić information content (AvgIpc) is 2.47. The van der Waals surface area contributed by atoms with Crippen LogP contribution in [0.15, 0.2) is 58.3 Å². The molecule has 0 bridgehead atoms. The Morgan fingerprint density at radius 3 is 2.20 bits per heavy atom. The third kappa shape index (κ3) is 3.85. The highest BCUT2D eigenvalue weighted by atomic mass is 32.2. The molecule has 104 valence electrons. The first-order valence-electron chi connectivity index (χ1n) is 6.39. The summed E-state index contributed by atoms with van der Waals surface area (Å²) in [4.78, 5) is 13.2. The summed E-state index contributed by atoms with van der Waals surface area (Å²) in [6.45, 7) is 2.05. The van der Waals surface area contributed by atoms with Crippen LogP contribution in [0.25, 0.3) is 0 Å². The van der Waals surface area contributed by atoms with Crippen LogP contribution >= 0.6 is 11.8 Å². The fraction of sp³-hybridized carbons (Fsp3) is 0.188. The van der Waals surface area contributed by atoms with Crippen LogP contribution in [0.4, 0.5) is 0 Å². The van der Waals surface area contributed by atoms with E-state index < -0.39 is 0 Å². The minimum Gasteiger partial charge on any atom is -0.392 e. The van der Waals surface area contributed by atoms with Crippen molar-refractivity contribution in [2.24, 2.45) is 0 Å². The third-order valence-corrected chi connectivity index (χ3v) is 4.10.